The number of anilines is 1. The minimum atomic E-state index is -4.06. The number of hydrogen-bond acceptors (Lipinski definition) is 7. The van der Waals surface area contributed by atoms with E-state index >= 15 is 0 Å². The Morgan fingerprint density at radius 1 is 1.09 bits per heavy atom. The molecule has 0 spiro atoms. The van der Waals surface area contributed by atoms with Crippen LogP contribution in [-0.4, -0.2) is 49.3 Å². The molecule has 0 aliphatic rings. The molecule has 238 valence electrons. The van der Waals surface area contributed by atoms with Gasteiger partial charge in [0.05, 0.1) is 23.6 Å². The van der Waals surface area contributed by atoms with Gasteiger partial charge in [0.2, 0.25) is 5.91 Å². The second-order valence-corrected chi connectivity index (χ2v) is 12.9. The van der Waals surface area contributed by atoms with Crippen LogP contribution in [0.1, 0.15) is 43.8 Å². The zero-order valence-electron chi connectivity index (χ0n) is 25.6. The first-order chi connectivity index (χ1) is 21.6. The van der Waals surface area contributed by atoms with Gasteiger partial charge in [-0.2, -0.15) is 13.5 Å². The van der Waals surface area contributed by atoms with Gasteiger partial charge in [-0.3, -0.25) is 14.2 Å². The molecule has 46 heavy (non-hydrogen) atoms. The van der Waals surface area contributed by atoms with E-state index in [1.54, 1.807) is 44.4 Å². The number of imidazole rings is 1. The lowest BCUT2D eigenvalue weighted by Gasteiger charge is -2.22. The van der Waals surface area contributed by atoms with Crippen LogP contribution >= 0.6 is 0 Å². The zero-order chi connectivity index (χ0) is 33.4. The highest BCUT2D eigenvalue weighted by Crippen LogP contribution is 2.37. The third-order valence-electron chi connectivity index (χ3n) is 6.90. The Bertz CT molecular complexity index is 2140. The first-order valence-corrected chi connectivity index (χ1v) is 15.5. The van der Waals surface area contributed by atoms with E-state index in [1.807, 2.05) is 0 Å². The fourth-order valence-corrected chi connectivity index (χ4v) is 5.96. The van der Waals surface area contributed by atoms with Crippen molar-refractivity contribution in [3.05, 3.63) is 89.6 Å². The van der Waals surface area contributed by atoms with Gasteiger partial charge in [-0.05, 0) is 62.1 Å². The molecule has 0 saturated carbocycles. The first kappa shape index (κ1) is 32.3. The number of nitrogens with one attached hydrogen (secondary N) is 2. The van der Waals surface area contributed by atoms with E-state index < -0.39 is 39.2 Å². The maximum atomic E-state index is 14.2. The number of pyridine rings is 1. The Morgan fingerprint density at radius 2 is 1.85 bits per heavy atom. The van der Waals surface area contributed by atoms with E-state index in [-0.39, 0.29) is 17.3 Å². The third-order valence-corrected chi connectivity index (χ3v) is 8.12. The van der Waals surface area contributed by atoms with Crippen molar-refractivity contribution >= 4 is 32.7 Å². The molecule has 3 N–H and O–H groups in total. The molecule has 3 aromatic heterocycles. The molecule has 1 amide bonds. The molecule has 0 fully saturated rings. The van der Waals surface area contributed by atoms with Crippen molar-refractivity contribution in [2.24, 2.45) is 14.1 Å². The van der Waals surface area contributed by atoms with Crippen molar-refractivity contribution in [2.75, 3.05) is 4.72 Å². The molecule has 0 aliphatic heterocycles. The van der Waals surface area contributed by atoms with E-state index in [1.165, 1.54) is 48.6 Å². The molecule has 0 saturated heterocycles. The highest BCUT2D eigenvalue weighted by atomic mass is 32.2. The second-order valence-electron chi connectivity index (χ2n) is 11.3. The summed E-state index contributed by atoms with van der Waals surface area (Å²) in [6, 6.07) is 11.3. The third kappa shape index (κ3) is 7.06. The van der Waals surface area contributed by atoms with Crippen molar-refractivity contribution in [3.8, 4) is 23.0 Å². The number of rotatable bonds is 8. The molecule has 0 unspecified atom stereocenters. The normalized spacial score (nSPS) is 12.4. The van der Waals surface area contributed by atoms with Gasteiger partial charge in [0.25, 0.3) is 10.0 Å². The Kier molecular flexibility index (Phi) is 8.66. The molecule has 3 heterocycles. The fourth-order valence-electron chi connectivity index (χ4n) is 4.96. The summed E-state index contributed by atoms with van der Waals surface area (Å²) in [6.07, 6.45) is 2.79. The van der Waals surface area contributed by atoms with Crippen molar-refractivity contribution in [3.63, 3.8) is 0 Å². The van der Waals surface area contributed by atoms with Crippen LogP contribution in [0.15, 0.2) is 66.1 Å². The second kappa shape index (κ2) is 12.3. The topological polar surface area (TPSA) is 144 Å². The minimum absolute atomic E-state index is 0.0512. The molecule has 5 rings (SSSR count). The predicted octanol–water partition coefficient (Wildman–Crippen LogP) is 3.99. The van der Waals surface area contributed by atoms with Crippen LogP contribution in [-0.2, 0) is 35.3 Å². The number of hydrogen-bond donors (Lipinski definition) is 3. The summed E-state index contributed by atoms with van der Waals surface area (Å²) in [5, 5.41) is 17.8. The van der Waals surface area contributed by atoms with Crippen molar-refractivity contribution in [1.29, 1.82) is 0 Å². The summed E-state index contributed by atoms with van der Waals surface area (Å²) in [5.41, 5.74) is 1.44. The van der Waals surface area contributed by atoms with Crippen molar-refractivity contribution in [1.82, 2.24) is 29.6 Å². The zero-order valence-corrected chi connectivity index (χ0v) is 26.4. The number of nitrogens with zero attached hydrogens (tertiary/aromatic N) is 5. The molecule has 11 nitrogen and oxygen atoms in total. The van der Waals surface area contributed by atoms with Gasteiger partial charge in [0.1, 0.15) is 11.3 Å². The minimum Gasteiger partial charge on any atom is -0.378 e. The molecule has 5 aromatic rings. The monoisotopic (exact) mass is 647 g/mol. The smallest absolute Gasteiger partial charge is 0.282 e. The molecule has 1 atom stereocenters. The lowest BCUT2D eigenvalue weighted by atomic mass is 9.93. The lowest BCUT2D eigenvalue weighted by Crippen LogP contribution is -2.29. The Balaban J connectivity index is 1.68. The number of carbonyl (C=O) groups is 1. The molecular formula is C32H31F2N7O4S. The molecule has 0 aliphatic carbocycles. The van der Waals surface area contributed by atoms with Crippen LogP contribution in [0.4, 0.5) is 14.6 Å². The van der Waals surface area contributed by atoms with Gasteiger partial charge >= 0.3 is 0 Å². The number of benzene rings is 2. The molecule has 2 aromatic carbocycles. The average molecular weight is 648 g/mol. The summed E-state index contributed by atoms with van der Waals surface area (Å²) >= 11 is 0. The number of aryl methyl sites for hydroxylation is 2. The van der Waals surface area contributed by atoms with Crippen LogP contribution in [0.2, 0.25) is 0 Å². The van der Waals surface area contributed by atoms with E-state index in [2.05, 4.69) is 32.0 Å². The highest BCUT2D eigenvalue weighted by Gasteiger charge is 2.25. The number of amides is 1. The predicted molar refractivity (Wildman–Crippen MR) is 168 cm³/mol. The number of halogens is 2. The van der Waals surface area contributed by atoms with Crippen LogP contribution < -0.4 is 10.0 Å². The van der Waals surface area contributed by atoms with Gasteiger partial charge in [-0.25, -0.2) is 18.7 Å². The Hall–Kier alpha value is -5.13. The number of aliphatic hydroxyl groups is 1. The van der Waals surface area contributed by atoms with E-state index in [4.69, 9.17) is 4.98 Å². The van der Waals surface area contributed by atoms with Crippen molar-refractivity contribution < 1.29 is 27.1 Å². The number of fused-ring (bicyclic) bond motifs is 1. The van der Waals surface area contributed by atoms with E-state index in [0.29, 0.717) is 39.0 Å². The van der Waals surface area contributed by atoms with Crippen LogP contribution in [0.25, 0.3) is 22.0 Å². The Morgan fingerprint density at radius 3 is 2.50 bits per heavy atom. The van der Waals surface area contributed by atoms with Gasteiger partial charge in [0.15, 0.2) is 22.5 Å². The summed E-state index contributed by atoms with van der Waals surface area (Å²) in [6.45, 7) is 4.39. The molecule has 0 bridgehead atoms. The Labute approximate surface area is 264 Å². The van der Waals surface area contributed by atoms with Crippen LogP contribution in [0, 0.1) is 23.5 Å². The molecule has 14 heteroatoms. The van der Waals surface area contributed by atoms with E-state index in [9.17, 15) is 27.1 Å². The first-order valence-electron chi connectivity index (χ1n) is 14.1. The molecule has 0 radical (unpaired) electrons. The van der Waals surface area contributed by atoms with E-state index in [0.717, 1.165) is 12.1 Å². The maximum absolute atomic E-state index is 14.2. The summed E-state index contributed by atoms with van der Waals surface area (Å²) in [4.78, 5) is 21.1. The number of carbonyl (C=O) groups excluding carboxylic acids is 1. The van der Waals surface area contributed by atoms with Gasteiger partial charge in [-0.1, -0.05) is 24.1 Å². The quantitative estimate of drug-likeness (QED) is 0.216. The molecular weight excluding hydrogens is 616 g/mol. The standard InChI is InChI=1S/C32H31F2N7O4S/c1-19(42)36-27(16-20-9-12-25(33)26(34)15-20)29-22(11-10-21(37-29)13-14-32(2,3)43)23-7-6-8-24-30(23)41(5)38-31(24)39-46(44,45)28-17-40(4)18-35-28/h6-12,15,17-18,27,43H,16H2,1-5H3,(H,36,42)(H,38,39)/t27-/m0/s1. The largest absolute Gasteiger partial charge is 0.378 e. The number of sulfonamides is 1. The fraction of sp³-hybridized carbons (Fsp3) is 0.250. The number of aromatic nitrogens is 5. The van der Waals surface area contributed by atoms with Gasteiger partial charge in [-0.15, -0.1) is 0 Å². The summed E-state index contributed by atoms with van der Waals surface area (Å²) in [5.74, 6) is 3.23. The summed E-state index contributed by atoms with van der Waals surface area (Å²) < 4.78 is 59.6. The lowest BCUT2D eigenvalue weighted by molar-refractivity contribution is -0.119. The summed E-state index contributed by atoms with van der Waals surface area (Å²) in [7, 11) is -0.744. The van der Waals surface area contributed by atoms with Crippen LogP contribution in [0.3, 0.4) is 0 Å². The van der Waals surface area contributed by atoms with Gasteiger partial charge in [0, 0.05) is 43.7 Å². The highest BCUT2D eigenvalue weighted by molar-refractivity contribution is 7.92. The number of para-hydroxylation sites is 1. The maximum Gasteiger partial charge on any atom is 0.282 e. The van der Waals surface area contributed by atoms with Gasteiger partial charge < -0.3 is 15.0 Å². The van der Waals surface area contributed by atoms with Crippen molar-refractivity contribution in [2.45, 2.75) is 43.9 Å². The average Bonchev–Trinajstić information content (AvgIpc) is 3.56. The van der Waals surface area contributed by atoms with Crippen LogP contribution in [0.5, 0.6) is 0 Å². The SMILES string of the molecule is CC(=O)N[C@@H](Cc1ccc(F)c(F)c1)c1nc(C#CC(C)(C)O)ccc1-c1cccc2c(NS(=O)(=O)c3cn(C)cn3)nn(C)c12.